The molecule has 1 nitrogen and oxygen atoms in total. The second kappa shape index (κ2) is 6.55. The third kappa shape index (κ3) is 3.77. The molecule has 0 amide bonds. The lowest BCUT2D eigenvalue weighted by atomic mass is 10.1. The number of thioether (sulfide) groups is 1. The molecule has 0 spiro atoms. The van der Waals surface area contributed by atoms with E-state index >= 15 is 0 Å². The van der Waals surface area contributed by atoms with Crippen LogP contribution in [0.15, 0.2) is 24.3 Å². The summed E-state index contributed by atoms with van der Waals surface area (Å²) in [5.41, 5.74) is 6.94. The van der Waals surface area contributed by atoms with E-state index in [0.29, 0.717) is 0 Å². The van der Waals surface area contributed by atoms with Gasteiger partial charge in [-0.05, 0) is 17.9 Å². The van der Waals surface area contributed by atoms with Gasteiger partial charge in [-0.2, -0.15) is 11.8 Å². The zero-order valence-electron chi connectivity index (χ0n) is 7.37. The largest absolute Gasteiger partial charge is 0.323 e. The Bertz CT molecular complexity index is 255. The third-order valence-corrected chi connectivity index (χ3v) is 2.69. The van der Waals surface area contributed by atoms with Crippen molar-refractivity contribution in [2.75, 3.05) is 12.0 Å². The molecule has 4 heteroatoms. The summed E-state index contributed by atoms with van der Waals surface area (Å²) < 4.78 is 0. The molecule has 1 rings (SSSR count). The molecule has 2 N–H and O–H groups in total. The highest BCUT2D eigenvalue weighted by atomic mass is 35.5. The first-order valence-electron chi connectivity index (χ1n) is 3.74. The molecular formula is C9H13Cl2NS. The normalized spacial score (nSPS) is 11.9. The molecule has 0 heterocycles. The van der Waals surface area contributed by atoms with Crippen LogP contribution >= 0.6 is 35.8 Å². The Morgan fingerprint density at radius 1 is 1.46 bits per heavy atom. The maximum atomic E-state index is 5.97. The fourth-order valence-corrected chi connectivity index (χ4v) is 1.86. The van der Waals surface area contributed by atoms with Gasteiger partial charge in [0.25, 0.3) is 0 Å². The van der Waals surface area contributed by atoms with Crippen molar-refractivity contribution in [3.63, 3.8) is 0 Å². The van der Waals surface area contributed by atoms with E-state index in [-0.39, 0.29) is 18.4 Å². The number of hydrogen-bond donors (Lipinski definition) is 1. The lowest BCUT2D eigenvalue weighted by Gasteiger charge is -2.11. The number of halogens is 2. The molecule has 74 valence electrons. The van der Waals surface area contributed by atoms with E-state index in [1.807, 2.05) is 30.5 Å². The monoisotopic (exact) mass is 237 g/mol. The van der Waals surface area contributed by atoms with Gasteiger partial charge < -0.3 is 5.73 Å². The van der Waals surface area contributed by atoms with Crippen LogP contribution in [0.3, 0.4) is 0 Å². The lowest BCUT2D eigenvalue weighted by molar-refractivity contribution is 0.833. The molecule has 13 heavy (non-hydrogen) atoms. The number of nitrogens with two attached hydrogens (primary N) is 1. The summed E-state index contributed by atoms with van der Waals surface area (Å²) in [7, 11) is 0. The second-order valence-corrected chi connectivity index (χ2v) is 3.90. The van der Waals surface area contributed by atoms with Gasteiger partial charge in [-0.1, -0.05) is 29.8 Å². The molecule has 0 aromatic heterocycles. The highest BCUT2D eigenvalue weighted by molar-refractivity contribution is 7.98. The average molecular weight is 238 g/mol. The number of benzene rings is 1. The van der Waals surface area contributed by atoms with E-state index in [1.54, 1.807) is 11.8 Å². The predicted molar refractivity (Wildman–Crippen MR) is 64.0 cm³/mol. The van der Waals surface area contributed by atoms with Crippen LogP contribution in [0.25, 0.3) is 0 Å². The van der Waals surface area contributed by atoms with Crippen LogP contribution in [-0.4, -0.2) is 12.0 Å². The minimum Gasteiger partial charge on any atom is -0.323 e. The van der Waals surface area contributed by atoms with E-state index < -0.39 is 0 Å². The van der Waals surface area contributed by atoms with Gasteiger partial charge in [-0.25, -0.2) is 0 Å². The van der Waals surface area contributed by atoms with Gasteiger partial charge in [0.1, 0.15) is 0 Å². The molecule has 1 atom stereocenters. The number of hydrogen-bond acceptors (Lipinski definition) is 2. The third-order valence-electron chi connectivity index (χ3n) is 1.65. The van der Waals surface area contributed by atoms with Gasteiger partial charge >= 0.3 is 0 Å². The van der Waals surface area contributed by atoms with Crippen molar-refractivity contribution in [1.82, 2.24) is 0 Å². The Kier molecular flexibility index (Phi) is 6.60. The molecule has 0 radical (unpaired) electrons. The van der Waals surface area contributed by atoms with Gasteiger partial charge in [0.05, 0.1) is 0 Å². The van der Waals surface area contributed by atoms with Crippen LogP contribution in [0, 0.1) is 0 Å². The molecule has 0 saturated carbocycles. The summed E-state index contributed by atoms with van der Waals surface area (Å²) >= 11 is 7.70. The van der Waals surface area contributed by atoms with Crippen molar-refractivity contribution in [1.29, 1.82) is 0 Å². The Morgan fingerprint density at radius 2 is 2.08 bits per heavy atom. The van der Waals surface area contributed by atoms with Crippen LogP contribution in [0.4, 0.5) is 0 Å². The first kappa shape index (κ1) is 13.1. The minimum absolute atomic E-state index is 0. The molecule has 0 saturated heterocycles. The molecule has 0 bridgehead atoms. The van der Waals surface area contributed by atoms with Gasteiger partial charge in [-0.3, -0.25) is 0 Å². The summed E-state index contributed by atoms with van der Waals surface area (Å²) in [6.07, 6.45) is 2.04. The Balaban J connectivity index is 0.00000144. The van der Waals surface area contributed by atoms with Crippen molar-refractivity contribution in [3.05, 3.63) is 34.9 Å². The van der Waals surface area contributed by atoms with Crippen molar-refractivity contribution in [2.45, 2.75) is 6.04 Å². The van der Waals surface area contributed by atoms with E-state index in [0.717, 1.165) is 16.3 Å². The summed E-state index contributed by atoms with van der Waals surface area (Å²) in [5, 5.41) is 0.763. The Morgan fingerprint density at radius 3 is 2.62 bits per heavy atom. The highest BCUT2D eigenvalue weighted by Gasteiger charge is 2.07. The van der Waals surface area contributed by atoms with Crippen molar-refractivity contribution in [2.24, 2.45) is 5.73 Å². The van der Waals surface area contributed by atoms with Crippen LogP contribution in [0.5, 0.6) is 0 Å². The lowest BCUT2D eigenvalue weighted by Crippen LogP contribution is -2.13. The van der Waals surface area contributed by atoms with Crippen LogP contribution in [-0.2, 0) is 0 Å². The minimum atomic E-state index is 0. The van der Waals surface area contributed by atoms with Gasteiger partial charge in [0.15, 0.2) is 0 Å². The first-order valence-corrected chi connectivity index (χ1v) is 5.52. The van der Waals surface area contributed by atoms with Crippen LogP contribution < -0.4 is 5.73 Å². The Hall–Kier alpha value is 0.110. The number of rotatable bonds is 3. The first-order chi connectivity index (χ1) is 5.75. The SMILES string of the molecule is CSCC(N)c1ccccc1Cl.Cl. The fraction of sp³-hybridized carbons (Fsp3) is 0.333. The van der Waals surface area contributed by atoms with Crippen LogP contribution in [0.2, 0.25) is 5.02 Å². The van der Waals surface area contributed by atoms with Crippen molar-refractivity contribution >= 4 is 35.8 Å². The zero-order chi connectivity index (χ0) is 8.97. The summed E-state index contributed by atoms with van der Waals surface area (Å²) in [6.45, 7) is 0. The molecule has 1 aromatic rings. The Labute approximate surface area is 94.4 Å². The molecule has 1 aromatic carbocycles. The van der Waals surface area contributed by atoms with E-state index in [4.69, 9.17) is 17.3 Å². The van der Waals surface area contributed by atoms with E-state index in [2.05, 4.69) is 0 Å². The summed E-state index contributed by atoms with van der Waals surface area (Å²) in [4.78, 5) is 0. The van der Waals surface area contributed by atoms with Crippen molar-refractivity contribution in [3.8, 4) is 0 Å². The van der Waals surface area contributed by atoms with Gasteiger partial charge in [0.2, 0.25) is 0 Å². The molecule has 0 aliphatic heterocycles. The predicted octanol–water partition coefficient (Wildman–Crippen LogP) is 3.12. The topological polar surface area (TPSA) is 26.0 Å². The van der Waals surface area contributed by atoms with Gasteiger partial charge in [-0.15, -0.1) is 12.4 Å². The van der Waals surface area contributed by atoms with Crippen LogP contribution in [0.1, 0.15) is 11.6 Å². The van der Waals surface area contributed by atoms with Gasteiger partial charge in [0, 0.05) is 16.8 Å². The maximum absolute atomic E-state index is 5.97. The summed E-state index contributed by atoms with van der Waals surface area (Å²) in [5.74, 6) is 0.906. The smallest absolute Gasteiger partial charge is 0.0454 e. The molecule has 0 aliphatic carbocycles. The second-order valence-electron chi connectivity index (χ2n) is 2.58. The molecule has 0 aliphatic rings. The molecular weight excluding hydrogens is 225 g/mol. The standard InChI is InChI=1S/C9H12ClNS.ClH/c1-12-6-9(11)7-4-2-3-5-8(7)10;/h2-5,9H,6,11H2,1H3;1H. The highest BCUT2D eigenvalue weighted by Crippen LogP contribution is 2.22. The van der Waals surface area contributed by atoms with E-state index in [1.165, 1.54) is 0 Å². The molecule has 0 fully saturated rings. The quantitative estimate of drug-likeness (QED) is 0.875. The fourth-order valence-electron chi connectivity index (χ4n) is 1.05. The zero-order valence-corrected chi connectivity index (χ0v) is 9.75. The van der Waals surface area contributed by atoms with E-state index in [9.17, 15) is 0 Å². The van der Waals surface area contributed by atoms with Crippen molar-refractivity contribution < 1.29 is 0 Å². The summed E-state index contributed by atoms with van der Waals surface area (Å²) in [6, 6.07) is 7.77. The average Bonchev–Trinajstić information content (AvgIpc) is 2.05. The molecule has 1 unspecified atom stereocenters. The maximum Gasteiger partial charge on any atom is 0.0454 e.